The summed E-state index contributed by atoms with van der Waals surface area (Å²) in [6.07, 6.45) is 5.35. The van der Waals surface area contributed by atoms with Gasteiger partial charge in [0.1, 0.15) is 0 Å². The van der Waals surface area contributed by atoms with Gasteiger partial charge in [0.05, 0.1) is 5.56 Å². The van der Waals surface area contributed by atoms with Crippen LogP contribution in [0.1, 0.15) is 35.7 Å². The molecule has 23 heavy (non-hydrogen) atoms. The van der Waals surface area contributed by atoms with E-state index in [0.717, 1.165) is 29.8 Å². The highest BCUT2D eigenvalue weighted by Crippen LogP contribution is 2.32. The van der Waals surface area contributed by atoms with E-state index in [0.29, 0.717) is 18.5 Å². The van der Waals surface area contributed by atoms with Crippen molar-refractivity contribution in [1.29, 1.82) is 0 Å². The molecule has 0 saturated heterocycles. The van der Waals surface area contributed by atoms with E-state index in [-0.39, 0.29) is 11.8 Å². The lowest BCUT2D eigenvalue weighted by molar-refractivity contribution is -0.116. The maximum Gasteiger partial charge on any atom is 0.259 e. The van der Waals surface area contributed by atoms with Crippen LogP contribution in [-0.4, -0.2) is 23.3 Å². The number of amides is 2. The number of nitrogens with zero attached hydrogens (tertiary/aromatic N) is 2. The molecule has 0 fully saturated rings. The minimum Gasteiger partial charge on any atom is -0.326 e. The molecule has 2 amide bonds. The second-order valence-corrected chi connectivity index (χ2v) is 5.59. The van der Waals surface area contributed by atoms with Gasteiger partial charge in [-0.15, -0.1) is 0 Å². The molecular formula is C18H19N3O2. The van der Waals surface area contributed by atoms with Gasteiger partial charge in [-0.05, 0) is 42.7 Å². The molecule has 2 heterocycles. The maximum atomic E-state index is 12.6. The van der Waals surface area contributed by atoms with E-state index in [1.165, 1.54) is 0 Å². The average molecular weight is 309 g/mol. The molecule has 0 aliphatic carbocycles. The first-order chi connectivity index (χ1) is 11.2. The normalized spacial score (nSPS) is 12.8. The number of nitrogens with one attached hydrogen (secondary N) is 1. The maximum absolute atomic E-state index is 12.6. The molecule has 5 nitrogen and oxygen atoms in total. The van der Waals surface area contributed by atoms with Gasteiger partial charge in [0.25, 0.3) is 5.91 Å². The summed E-state index contributed by atoms with van der Waals surface area (Å²) >= 11 is 0. The van der Waals surface area contributed by atoms with Crippen LogP contribution in [0.5, 0.6) is 0 Å². The van der Waals surface area contributed by atoms with Crippen molar-refractivity contribution in [2.24, 2.45) is 0 Å². The van der Waals surface area contributed by atoms with Crippen molar-refractivity contribution in [3.8, 4) is 0 Å². The monoisotopic (exact) mass is 309 g/mol. The van der Waals surface area contributed by atoms with Crippen molar-refractivity contribution in [2.75, 3.05) is 16.8 Å². The Kier molecular flexibility index (Phi) is 4.37. The minimum absolute atomic E-state index is 0.00409. The van der Waals surface area contributed by atoms with Gasteiger partial charge >= 0.3 is 0 Å². The van der Waals surface area contributed by atoms with Crippen molar-refractivity contribution >= 4 is 23.2 Å². The Labute approximate surface area is 135 Å². The number of rotatable bonds is 4. The molecule has 1 aliphatic heterocycles. The van der Waals surface area contributed by atoms with Crippen molar-refractivity contribution in [3.05, 3.63) is 53.9 Å². The summed E-state index contributed by atoms with van der Waals surface area (Å²) in [4.78, 5) is 30.2. The largest absolute Gasteiger partial charge is 0.326 e. The van der Waals surface area contributed by atoms with Gasteiger partial charge in [0.2, 0.25) is 5.91 Å². The highest BCUT2D eigenvalue weighted by Gasteiger charge is 2.26. The predicted octanol–water partition coefficient (Wildman–Crippen LogP) is 3.02. The number of anilines is 2. The molecule has 1 N–H and O–H groups in total. The third-order valence-electron chi connectivity index (χ3n) is 3.90. The third kappa shape index (κ3) is 3.23. The fourth-order valence-electron chi connectivity index (χ4n) is 2.76. The lowest BCUT2D eigenvalue weighted by Gasteiger charge is -2.18. The summed E-state index contributed by atoms with van der Waals surface area (Å²) in [7, 11) is 0. The van der Waals surface area contributed by atoms with Gasteiger partial charge in [0.15, 0.2) is 0 Å². The Hall–Kier alpha value is -2.69. The summed E-state index contributed by atoms with van der Waals surface area (Å²) in [6, 6.07) is 9.27. The van der Waals surface area contributed by atoms with Crippen LogP contribution in [0.4, 0.5) is 11.4 Å². The molecule has 0 radical (unpaired) electrons. The Morgan fingerprint density at radius 3 is 2.91 bits per heavy atom. The first-order valence-electron chi connectivity index (χ1n) is 7.83. The Morgan fingerprint density at radius 2 is 2.17 bits per heavy atom. The second-order valence-electron chi connectivity index (χ2n) is 5.59. The lowest BCUT2D eigenvalue weighted by atomic mass is 10.1. The first kappa shape index (κ1) is 15.2. The summed E-state index contributed by atoms with van der Waals surface area (Å²) in [6.45, 7) is 2.62. The summed E-state index contributed by atoms with van der Waals surface area (Å²) in [5.41, 5.74) is 3.29. The number of pyridine rings is 1. The average Bonchev–Trinajstić information content (AvgIpc) is 2.98. The van der Waals surface area contributed by atoms with E-state index in [1.54, 1.807) is 29.4 Å². The second kappa shape index (κ2) is 6.60. The van der Waals surface area contributed by atoms with Gasteiger partial charge in [-0.1, -0.05) is 13.0 Å². The zero-order valence-electron chi connectivity index (χ0n) is 13.1. The Morgan fingerprint density at radius 1 is 1.30 bits per heavy atom. The Balaban J connectivity index is 1.84. The van der Waals surface area contributed by atoms with Crippen molar-refractivity contribution in [1.82, 2.24) is 4.98 Å². The smallest absolute Gasteiger partial charge is 0.259 e. The predicted molar refractivity (Wildman–Crippen MR) is 89.6 cm³/mol. The molecule has 0 saturated carbocycles. The zero-order valence-corrected chi connectivity index (χ0v) is 13.1. The number of aromatic nitrogens is 1. The van der Waals surface area contributed by atoms with E-state index < -0.39 is 0 Å². The minimum atomic E-state index is -0.0612. The van der Waals surface area contributed by atoms with E-state index in [4.69, 9.17) is 0 Å². The Bertz CT molecular complexity index is 728. The van der Waals surface area contributed by atoms with Crippen LogP contribution in [0.3, 0.4) is 0 Å². The van der Waals surface area contributed by atoms with Gasteiger partial charge in [-0.3, -0.25) is 14.6 Å². The number of hydrogen-bond donors (Lipinski definition) is 1. The molecule has 3 rings (SSSR count). The number of carbonyl (C=O) groups excluding carboxylic acids is 2. The van der Waals surface area contributed by atoms with Crippen LogP contribution in [0, 0.1) is 0 Å². The third-order valence-corrected chi connectivity index (χ3v) is 3.90. The summed E-state index contributed by atoms with van der Waals surface area (Å²) in [5.74, 6) is -0.0653. The molecule has 1 aromatic heterocycles. The molecule has 0 spiro atoms. The van der Waals surface area contributed by atoms with Crippen LogP contribution in [0.15, 0.2) is 42.7 Å². The molecule has 1 aliphatic rings. The van der Waals surface area contributed by atoms with Gasteiger partial charge < -0.3 is 10.2 Å². The molecule has 5 heteroatoms. The van der Waals surface area contributed by atoms with Crippen LogP contribution >= 0.6 is 0 Å². The number of hydrogen-bond acceptors (Lipinski definition) is 3. The SMILES string of the molecule is CCCC(=O)Nc1ccc2c(c1)N(C(=O)c1cccnc1)CC2. The number of fused-ring (bicyclic) bond motifs is 1. The molecule has 0 bridgehead atoms. The lowest BCUT2D eigenvalue weighted by Crippen LogP contribution is -2.29. The van der Waals surface area contributed by atoms with Crippen LogP contribution < -0.4 is 10.2 Å². The number of benzene rings is 1. The summed E-state index contributed by atoms with van der Waals surface area (Å²) in [5, 5.41) is 2.88. The van der Waals surface area contributed by atoms with E-state index >= 15 is 0 Å². The number of carbonyl (C=O) groups is 2. The highest BCUT2D eigenvalue weighted by atomic mass is 16.2. The van der Waals surface area contributed by atoms with Crippen molar-refractivity contribution < 1.29 is 9.59 Å². The van der Waals surface area contributed by atoms with Crippen molar-refractivity contribution in [2.45, 2.75) is 26.2 Å². The molecule has 118 valence electrons. The van der Waals surface area contributed by atoms with Crippen LogP contribution in [0.25, 0.3) is 0 Å². The first-order valence-corrected chi connectivity index (χ1v) is 7.83. The molecule has 0 unspecified atom stereocenters. The zero-order chi connectivity index (χ0) is 16.2. The van der Waals surface area contributed by atoms with Crippen molar-refractivity contribution in [3.63, 3.8) is 0 Å². The van der Waals surface area contributed by atoms with E-state index in [2.05, 4.69) is 10.3 Å². The molecule has 1 aromatic carbocycles. The van der Waals surface area contributed by atoms with Gasteiger partial charge in [-0.2, -0.15) is 0 Å². The molecular weight excluding hydrogens is 290 g/mol. The molecule has 0 atom stereocenters. The van der Waals surface area contributed by atoms with E-state index in [1.807, 2.05) is 25.1 Å². The topological polar surface area (TPSA) is 62.3 Å². The van der Waals surface area contributed by atoms with E-state index in [9.17, 15) is 9.59 Å². The fourth-order valence-corrected chi connectivity index (χ4v) is 2.76. The van der Waals surface area contributed by atoms with Crippen LogP contribution in [-0.2, 0) is 11.2 Å². The standard InChI is InChI=1S/C18H19N3O2/c1-2-4-17(22)20-15-7-6-13-8-10-21(16(13)11-15)18(23)14-5-3-9-19-12-14/h3,5-7,9,11-12H,2,4,8,10H2,1H3,(H,20,22). The van der Waals surface area contributed by atoms with Crippen LogP contribution in [0.2, 0.25) is 0 Å². The quantitative estimate of drug-likeness (QED) is 0.944. The fraction of sp³-hybridized carbons (Fsp3) is 0.278. The van der Waals surface area contributed by atoms with Gasteiger partial charge in [0, 0.05) is 36.7 Å². The highest BCUT2D eigenvalue weighted by molar-refractivity contribution is 6.07. The summed E-state index contributed by atoms with van der Waals surface area (Å²) < 4.78 is 0. The molecule has 2 aromatic rings. The van der Waals surface area contributed by atoms with Gasteiger partial charge in [-0.25, -0.2) is 0 Å².